The van der Waals surface area contributed by atoms with Crippen LogP contribution in [0.15, 0.2) is 54.6 Å². The number of hydrogen-bond donors (Lipinski definition) is 2. The van der Waals surface area contributed by atoms with Crippen LogP contribution in [-0.2, 0) is 4.79 Å². The molecule has 0 heterocycles. The van der Waals surface area contributed by atoms with Gasteiger partial charge in [-0.05, 0) is 42.3 Å². The van der Waals surface area contributed by atoms with Crippen LogP contribution in [-0.4, -0.2) is 11.8 Å². The van der Waals surface area contributed by atoms with Gasteiger partial charge < -0.3 is 0 Å². The highest BCUT2D eigenvalue weighted by atomic mass is 19.1. The number of carbonyl (C=O) groups excluding carboxylic acids is 2. The Morgan fingerprint density at radius 1 is 1.00 bits per heavy atom. The third-order valence-electron chi connectivity index (χ3n) is 2.99. The van der Waals surface area contributed by atoms with Crippen molar-refractivity contribution in [3.8, 4) is 0 Å². The van der Waals surface area contributed by atoms with Gasteiger partial charge in [0, 0.05) is 11.6 Å². The molecule has 0 radical (unpaired) electrons. The zero-order chi connectivity index (χ0) is 15.9. The molecule has 2 N–H and O–H groups in total. The van der Waals surface area contributed by atoms with Gasteiger partial charge in [-0.1, -0.05) is 30.3 Å². The van der Waals surface area contributed by atoms with Crippen LogP contribution in [0.2, 0.25) is 0 Å². The molecule has 0 spiro atoms. The highest BCUT2D eigenvalue weighted by molar-refractivity contribution is 5.98. The van der Waals surface area contributed by atoms with E-state index in [0.29, 0.717) is 11.1 Å². The van der Waals surface area contributed by atoms with Gasteiger partial charge >= 0.3 is 0 Å². The van der Waals surface area contributed by atoms with Gasteiger partial charge in [0.2, 0.25) is 0 Å². The zero-order valence-electron chi connectivity index (χ0n) is 12.0. The molecule has 0 saturated heterocycles. The van der Waals surface area contributed by atoms with Crippen LogP contribution in [0, 0.1) is 12.7 Å². The van der Waals surface area contributed by atoms with E-state index < -0.39 is 5.91 Å². The molecule has 0 bridgehead atoms. The maximum Gasteiger partial charge on any atom is 0.269 e. The molecule has 2 rings (SSSR count). The van der Waals surface area contributed by atoms with E-state index in [9.17, 15) is 14.0 Å². The lowest BCUT2D eigenvalue weighted by Gasteiger charge is -2.07. The Kier molecular flexibility index (Phi) is 5.03. The first-order valence-corrected chi connectivity index (χ1v) is 6.66. The Balaban J connectivity index is 1.89. The maximum absolute atomic E-state index is 12.7. The zero-order valence-corrected chi connectivity index (χ0v) is 12.0. The molecule has 0 aliphatic carbocycles. The van der Waals surface area contributed by atoms with Gasteiger partial charge in [-0.15, -0.1) is 0 Å². The highest BCUT2D eigenvalue weighted by Gasteiger charge is 2.07. The van der Waals surface area contributed by atoms with Crippen LogP contribution in [0.5, 0.6) is 0 Å². The minimum absolute atomic E-state index is 0.341. The average molecular weight is 298 g/mol. The fourth-order valence-electron chi connectivity index (χ4n) is 1.80. The predicted molar refractivity (Wildman–Crippen MR) is 82.2 cm³/mol. The summed E-state index contributed by atoms with van der Waals surface area (Å²) in [6.45, 7) is 1.81. The van der Waals surface area contributed by atoms with E-state index >= 15 is 0 Å². The van der Waals surface area contributed by atoms with E-state index in [1.54, 1.807) is 24.3 Å². The summed E-state index contributed by atoms with van der Waals surface area (Å²) in [5, 5.41) is 0. The van der Waals surface area contributed by atoms with E-state index in [1.807, 2.05) is 19.1 Å². The maximum atomic E-state index is 12.7. The molecule has 0 fully saturated rings. The molecule has 22 heavy (non-hydrogen) atoms. The molecular formula is C17H15FN2O2. The first-order chi connectivity index (χ1) is 10.6. The molecular weight excluding hydrogens is 283 g/mol. The van der Waals surface area contributed by atoms with Crippen molar-refractivity contribution in [2.45, 2.75) is 6.92 Å². The highest BCUT2D eigenvalue weighted by Crippen LogP contribution is 2.06. The molecule has 2 aromatic carbocycles. The first-order valence-electron chi connectivity index (χ1n) is 6.66. The van der Waals surface area contributed by atoms with Gasteiger partial charge in [0.15, 0.2) is 0 Å². The fraction of sp³-hybridized carbons (Fsp3) is 0.0588. The van der Waals surface area contributed by atoms with E-state index in [0.717, 1.165) is 5.56 Å². The number of amides is 2. The smallest absolute Gasteiger partial charge is 0.268 e. The Morgan fingerprint density at radius 2 is 1.68 bits per heavy atom. The second kappa shape index (κ2) is 7.17. The largest absolute Gasteiger partial charge is 0.269 e. The van der Waals surface area contributed by atoms with Crippen molar-refractivity contribution in [1.29, 1.82) is 0 Å². The topological polar surface area (TPSA) is 58.2 Å². The Morgan fingerprint density at radius 3 is 2.36 bits per heavy atom. The fourth-order valence-corrected chi connectivity index (χ4v) is 1.80. The molecule has 0 aliphatic heterocycles. The minimum atomic E-state index is -0.480. The van der Waals surface area contributed by atoms with Crippen molar-refractivity contribution in [2.24, 2.45) is 0 Å². The van der Waals surface area contributed by atoms with Gasteiger partial charge in [0.1, 0.15) is 5.82 Å². The van der Waals surface area contributed by atoms with Crippen LogP contribution in [0.4, 0.5) is 4.39 Å². The summed E-state index contributed by atoms with van der Waals surface area (Å²) in [6.07, 6.45) is 2.78. The van der Waals surface area contributed by atoms with Gasteiger partial charge in [-0.25, -0.2) is 4.39 Å². The summed E-state index contributed by atoms with van der Waals surface area (Å²) in [7, 11) is 0. The summed E-state index contributed by atoms with van der Waals surface area (Å²) in [6, 6.07) is 12.8. The third-order valence-corrected chi connectivity index (χ3v) is 2.99. The monoisotopic (exact) mass is 298 g/mol. The molecule has 112 valence electrons. The van der Waals surface area contributed by atoms with Crippen LogP contribution in [0.3, 0.4) is 0 Å². The SMILES string of the molecule is Cc1ccccc1C(=O)NNC(=O)C=Cc1ccc(F)cc1. The molecule has 5 heteroatoms. The predicted octanol–water partition coefficient (Wildman–Crippen LogP) is 2.61. The summed E-state index contributed by atoms with van der Waals surface area (Å²) >= 11 is 0. The van der Waals surface area contributed by atoms with Gasteiger partial charge in [-0.3, -0.25) is 20.4 Å². The number of benzene rings is 2. The normalized spacial score (nSPS) is 10.5. The van der Waals surface area contributed by atoms with Crippen molar-refractivity contribution < 1.29 is 14.0 Å². The van der Waals surface area contributed by atoms with Crippen molar-refractivity contribution >= 4 is 17.9 Å². The molecule has 2 aromatic rings. The third kappa shape index (κ3) is 4.28. The Labute approximate surface area is 127 Å². The molecule has 0 unspecified atom stereocenters. The average Bonchev–Trinajstić information content (AvgIpc) is 2.52. The van der Waals surface area contributed by atoms with Crippen LogP contribution in [0.1, 0.15) is 21.5 Å². The van der Waals surface area contributed by atoms with E-state index in [1.165, 1.54) is 24.3 Å². The molecule has 0 atom stereocenters. The number of nitrogens with one attached hydrogen (secondary N) is 2. The van der Waals surface area contributed by atoms with Crippen molar-refractivity contribution in [3.05, 3.63) is 77.1 Å². The van der Waals surface area contributed by atoms with Crippen molar-refractivity contribution in [2.75, 3.05) is 0 Å². The van der Waals surface area contributed by atoms with E-state index in [4.69, 9.17) is 0 Å². The van der Waals surface area contributed by atoms with Gasteiger partial charge in [-0.2, -0.15) is 0 Å². The summed E-state index contributed by atoms with van der Waals surface area (Å²) in [5.74, 6) is -1.21. The minimum Gasteiger partial charge on any atom is -0.268 e. The van der Waals surface area contributed by atoms with E-state index in [-0.39, 0.29) is 11.7 Å². The number of halogens is 1. The lowest BCUT2D eigenvalue weighted by Crippen LogP contribution is -2.41. The van der Waals surface area contributed by atoms with Crippen LogP contribution in [0.25, 0.3) is 6.08 Å². The van der Waals surface area contributed by atoms with Crippen molar-refractivity contribution in [3.63, 3.8) is 0 Å². The second-order valence-electron chi connectivity index (χ2n) is 4.64. The number of rotatable bonds is 3. The Bertz CT molecular complexity index is 709. The Hall–Kier alpha value is -2.95. The van der Waals surface area contributed by atoms with E-state index in [2.05, 4.69) is 10.9 Å². The quantitative estimate of drug-likeness (QED) is 0.676. The molecule has 4 nitrogen and oxygen atoms in total. The standard InChI is InChI=1S/C17H15FN2O2/c1-12-4-2-3-5-15(12)17(22)20-19-16(21)11-8-13-6-9-14(18)10-7-13/h2-11H,1H3,(H,19,21)(H,20,22). The summed E-state index contributed by atoms with van der Waals surface area (Å²) < 4.78 is 12.7. The molecule has 0 aromatic heterocycles. The molecule has 0 aliphatic rings. The van der Waals surface area contributed by atoms with Crippen LogP contribution < -0.4 is 10.9 Å². The first kappa shape index (κ1) is 15.4. The van der Waals surface area contributed by atoms with Crippen LogP contribution >= 0.6 is 0 Å². The summed E-state index contributed by atoms with van der Waals surface area (Å²) in [5.41, 5.74) is 6.61. The molecule has 2 amide bonds. The number of hydrazine groups is 1. The summed E-state index contributed by atoms with van der Waals surface area (Å²) in [4.78, 5) is 23.5. The number of hydrogen-bond acceptors (Lipinski definition) is 2. The van der Waals surface area contributed by atoms with Gasteiger partial charge in [0.25, 0.3) is 11.8 Å². The number of carbonyl (C=O) groups is 2. The van der Waals surface area contributed by atoms with Crippen molar-refractivity contribution in [1.82, 2.24) is 10.9 Å². The molecule has 0 saturated carbocycles. The van der Waals surface area contributed by atoms with Gasteiger partial charge in [0.05, 0.1) is 0 Å². The lowest BCUT2D eigenvalue weighted by atomic mass is 10.1. The second-order valence-corrected chi connectivity index (χ2v) is 4.64. The lowest BCUT2D eigenvalue weighted by molar-refractivity contribution is -0.117. The number of aryl methyl sites for hydroxylation is 1.